The van der Waals surface area contributed by atoms with Crippen molar-refractivity contribution in [2.24, 2.45) is 0 Å². The molecule has 6 nitrogen and oxygen atoms in total. The van der Waals surface area contributed by atoms with Gasteiger partial charge in [-0.25, -0.2) is 16.8 Å². The molecule has 1 aliphatic heterocycles. The Morgan fingerprint density at radius 1 is 1.08 bits per heavy atom. The van der Waals surface area contributed by atoms with Crippen LogP contribution in [0.25, 0.3) is 6.08 Å². The Kier molecular flexibility index (Phi) is 5.06. The zero-order chi connectivity index (χ0) is 18.8. The molecule has 138 valence electrons. The Hall–Kier alpha value is -2.32. The van der Waals surface area contributed by atoms with E-state index in [2.05, 4.69) is 11.6 Å². The number of unbranched alkanes of at least 4 members (excludes halogenated alkanes) is 1. The van der Waals surface area contributed by atoms with E-state index >= 15 is 0 Å². The molecule has 3 rings (SSSR count). The number of hydrogen-bond acceptors (Lipinski definition) is 5. The largest absolute Gasteiger partial charge is 0.494 e. The third-order valence-corrected chi connectivity index (χ3v) is 6.76. The summed E-state index contributed by atoms with van der Waals surface area (Å²) in [6, 6.07) is 10.5. The minimum atomic E-state index is -3.83. The zero-order valence-electron chi connectivity index (χ0n) is 14.2. The summed E-state index contributed by atoms with van der Waals surface area (Å²) in [6.07, 6.45) is 3.43. The topological polar surface area (TPSA) is 89.5 Å². The molecule has 0 aromatic heterocycles. The Morgan fingerprint density at radius 2 is 1.81 bits per heavy atom. The SMILES string of the molecule is CCCCOc1ccc(S(=O)(=O)Nc2ccc3c(c2)S(=O)(=O)C=C3)cc1. The van der Waals surface area contributed by atoms with Crippen molar-refractivity contribution in [3.05, 3.63) is 53.4 Å². The van der Waals surface area contributed by atoms with Crippen LogP contribution < -0.4 is 9.46 Å². The summed E-state index contributed by atoms with van der Waals surface area (Å²) in [4.78, 5) is 0.166. The van der Waals surface area contributed by atoms with E-state index in [9.17, 15) is 16.8 Å². The number of rotatable bonds is 7. The average molecular weight is 393 g/mol. The maximum atomic E-state index is 12.5. The van der Waals surface area contributed by atoms with Gasteiger partial charge in [-0.3, -0.25) is 4.72 Å². The van der Waals surface area contributed by atoms with Crippen molar-refractivity contribution in [2.45, 2.75) is 29.6 Å². The van der Waals surface area contributed by atoms with E-state index in [0.717, 1.165) is 18.2 Å². The van der Waals surface area contributed by atoms with Gasteiger partial charge in [-0.2, -0.15) is 0 Å². The van der Waals surface area contributed by atoms with E-state index in [1.54, 1.807) is 18.2 Å². The Morgan fingerprint density at radius 3 is 2.50 bits per heavy atom. The highest BCUT2D eigenvalue weighted by atomic mass is 32.2. The lowest BCUT2D eigenvalue weighted by atomic mass is 10.2. The molecular formula is C18H19NO5S2. The lowest BCUT2D eigenvalue weighted by molar-refractivity contribution is 0.309. The van der Waals surface area contributed by atoms with Crippen LogP contribution in [0, 0.1) is 0 Å². The number of sulfonamides is 1. The van der Waals surface area contributed by atoms with Gasteiger partial charge in [0.25, 0.3) is 10.0 Å². The van der Waals surface area contributed by atoms with Crippen molar-refractivity contribution in [3.8, 4) is 5.75 Å². The predicted octanol–water partition coefficient (Wildman–Crippen LogP) is 3.42. The first-order chi connectivity index (χ1) is 12.3. The maximum Gasteiger partial charge on any atom is 0.261 e. The quantitative estimate of drug-likeness (QED) is 0.728. The number of sulfone groups is 1. The molecule has 26 heavy (non-hydrogen) atoms. The second kappa shape index (κ2) is 7.13. The van der Waals surface area contributed by atoms with Crippen molar-refractivity contribution in [1.82, 2.24) is 0 Å². The van der Waals surface area contributed by atoms with Gasteiger partial charge in [-0.15, -0.1) is 0 Å². The van der Waals surface area contributed by atoms with E-state index in [4.69, 9.17) is 4.74 Å². The fourth-order valence-corrected chi connectivity index (χ4v) is 4.76. The molecule has 1 aliphatic rings. The number of ether oxygens (including phenoxy) is 1. The molecule has 0 saturated carbocycles. The van der Waals surface area contributed by atoms with Crippen LogP contribution in [0.5, 0.6) is 5.75 Å². The molecule has 1 N–H and O–H groups in total. The molecular weight excluding hydrogens is 374 g/mol. The van der Waals surface area contributed by atoms with Gasteiger partial charge in [-0.1, -0.05) is 19.4 Å². The molecule has 0 bridgehead atoms. The van der Waals surface area contributed by atoms with Gasteiger partial charge in [0.05, 0.1) is 22.1 Å². The first kappa shape index (κ1) is 18.5. The fraction of sp³-hybridized carbons (Fsp3) is 0.222. The predicted molar refractivity (Wildman–Crippen MR) is 100 cm³/mol. The maximum absolute atomic E-state index is 12.5. The minimum absolute atomic E-state index is 0.0711. The van der Waals surface area contributed by atoms with E-state index in [1.165, 1.54) is 30.3 Å². The van der Waals surface area contributed by atoms with Crippen LogP contribution in [0.3, 0.4) is 0 Å². The molecule has 0 atom stereocenters. The van der Waals surface area contributed by atoms with E-state index in [0.29, 0.717) is 17.9 Å². The highest BCUT2D eigenvalue weighted by Crippen LogP contribution is 2.30. The van der Waals surface area contributed by atoms with Gasteiger partial charge in [0, 0.05) is 5.41 Å². The minimum Gasteiger partial charge on any atom is -0.494 e. The molecule has 2 aromatic carbocycles. The Labute approximate surface area is 153 Å². The third kappa shape index (κ3) is 3.91. The molecule has 0 amide bonds. The van der Waals surface area contributed by atoms with Crippen LogP contribution in [0.15, 0.2) is 57.7 Å². The lowest BCUT2D eigenvalue weighted by Crippen LogP contribution is -2.13. The van der Waals surface area contributed by atoms with Crippen LogP contribution in [0.2, 0.25) is 0 Å². The molecule has 1 heterocycles. The van der Waals surface area contributed by atoms with Crippen LogP contribution in [-0.2, 0) is 19.9 Å². The molecule has 0 aliphatic carbocycles. The van der Waals surface area contributed by atoms with E-state index in [1.807, 2.05) is 0 Å². The number of benzene rings is 2. The summed E-state index contributed by atoms with van der Waals surface area (Å²) < 4.78 is 56.8. The third-order valence-electron chi connectivity index (χ3n) is 3.90. The second-order valence-electron chi connectivity index (χ2n) is 5.88. The Bertz CT molecular complexity index is 1040. The van der Waals surface area contributed by atoms with Gasteiger partial charge in [0.1, 0.15) is 5.75 Å². The summed E-state index contributed by atoms with van der Waals surface area (Å²) in [6.45, 7) is 2.64. The molecule has 0 fully saturated rings. The monoisotopic (exact) mass is 393 g/mol. The van der Waals surface area contributed by atoms with E-state index in [-0.39, 0.29) is 15.5 Å². The number of fused-ring (bicyclic) bond motifs is 1. The summed E-state index contributed by atoms with van der Waals surface area (Å²) in [5.74, 6) is 0.604. The van der Waals surface area contributed by atoms with Crippen molar-refractivity contribution in [1.29, 1.82) is 0 Å². The highest BCUT2D eigenvalue weighted by molar-refractivity contribution is 7.95. The average Bonchev–Trinajstić information content (AvgIpc) is 2.90. The molecule has 0 spiro atoms. The van der Waals surface area contributed by atoms with E-state index < -0.39 is 19.9 Å². The fourth-order valence-electron chi connectivity index (χ4n) is 2.48. The number of anilines is 1. The van der Waals surface area contributed by atoms with Gasteiger partial charge in [0.2, 0.25) is 9.84 Å². The number of hydrogen-bond donors (Lipinski definition) is 1. The van der Waals surface area contributed by atoms with Crippen LogP contribution in [-0.4, -0.2) is 23.4 Å². The summed E-state index contributed by atoms with van der Waals surface area (Å²) >= 11 is 0. The molecule has 8 heteroatoms. The van der Waals surface area contributed by atoms with Crippen molar-refractivity contribution in [3.63, 3.8) is 0 Å². The van der Waals surface area contributed by atoms with Crippen molar-refractivity contribution < 1.29 is 21.6 Å². The number of nitrogens with one attached hydrogen (secondary N) is 1. The standard InChI is InChI=1S/C18H19NO5S2/c1-2-3-11-24-16-6-8-17(9-7-16)26(22,23)19-15-5-4-14-10-12-25(20,21)18(14)13-15/h4-10,12-13,19H,2-3,11H2,1H3. The lowest BCUT2D eigenvalue weighted by Gasteiger charge is -2.10. The van der Waals surface area contributed by atoms with Gasteiger partial charge in [-0.05, 0) is 54.5 Å². The van der Waals surface area contributed by atoms with Crippen LogP contribution >= 0.6 is 0 Å². The van der Waals surface area contributed by atoms with Crippen molar-refractivity contribution >= 4 is 31.6 Å². The molecule has 0 unspecified atom stereocenters. The zero-order valence-corrected chi connectivity index (χ0v) is 15.8. The highest BCUT2D eigenvalue weighted by Gasteiger charge is 2.22. The first-order valence-electron chi connectivity index (χ1n) is 8.15. The molecule has 0 saturated heterocycles. The van der Waals surface area contributed by atoms with Gasteiger partial charge in [0.15, 0.2) is 0 Å². The smallest absolute Gasteiger partial charge is 0.261 e. The van der Waals surface area contributed by atoms with Gasteiger partial charge < -0.3 is 4.74 Å². The summed E-state index contributed by atoms with van der Waals surface area (Å²) in [5, 5.41) is 1.10. The summed E-state index contributed by atoms with van der Waals surface area (Å²) in [7, 11) is -7.33. The van der Waals surface area contributed by atoms with Gasteiger partial charge >= 0.3 is 0 Å². The molecule has 2 aromatic rings. The molecule has 0 radical (unpaired) electrons. The van der Waals surface area contributed by atoms with Crippen LogP contribution in [0.1, 0.15) is 25.3 Å². The normalized spacial score (nSPS) is 14.8. The van der Waals surface area contributed by atoms with Crippen LogP contribution in [0.4, 0.5) is 5.69 Å². The van der Waals surface area contributed by atoms with Crippen molar-refractivity contribution in [2.75, 3.05) is 11.3 Å². The second-order valence-corrected chi connectivity index (χ2v) is 9.36. The first-order valence-corrected chi connectivity index (χ1v) is 11.2. The Balaban J connectivity index is 1.78. The summed E-state index contributed by atoms with van der Waals surface area (Å²) in [5.41, 5.74) is 0.737.